The molecule has 0 unspecified atom stereocenters. The van der Waals surface area contributed by atoms with Crippen LogP contribution in [0.4, 0.5) is 19.3 Å². The molecule has 1 saturated heterocycles. The second kappa shape index (κ2) is 7.06. The van der Waals surface area contributed by atoms with E-state index >= 15 is 0 Å². The summed E-state index contributed by atoms with van der Waals surface area (Å²) < 4.78 is 32.7. The number of hydrogen-bond acceptors (Lipinski definition) is 5. The lowest BCUT2D eigenvalue weighted by molar-refractivity contribution is 0.245. The van der Waals surface area contributed by atoms with Crippen LogP contribution in [0.5, 0.6) is 5.88 Å². The van der Waals surface area contributed by atoms with E-state index in [2.05, 4.69) is 21.9 Å². The number of nitrogens with one attached hydrogen (secondary N) is 1. The molecule has 1 aromatic carbocycles. The molecule has 0 saturated carbocycles. The Morgan fingerprint density at radius 1 is 1.36 bits per heavy atom. The maximum Gasteiger partial charge on any atom is 0.326 e. The van der Waals surface area contributed by atoms with Crippen molar-refractivity contribution in [2.75, 3.05) is 18.6 Å². The number of urea groups is 1. The molecule has 0 atom stereocenters. The quantitative estimate of drug-likeness (QED) is 0.843. The van der Waals surface area contributed by atoms with Crippen LogP contribution in [-0.2, 0) is 0 Å². The second-order valence-electron chi connectivity index (χ2n) is 5.14. The van der Waals surface area contributed by atoms with E-state index in [9.17, 15) is 13.6 Å². The predicted octanol–water partition coefficient (Wildman–Crippen LogP) is 3.35. The number of carbonyl (C=O) groups is 1. The van der Waals surface area contributed by atoms with Crippen molar-refractivity contribution in [2.45, 2.75) is 16.5 Å². The van der Waals surface area contributed by atoms with Gasteiger partial charge in [-0.25, -0.2) is 18.6 Å². The molecule has 0 radical (unpaired) electrons. The minimum atomic E-state index is -0.703. The molecule has 1 fully saturated rings. The topological polar surface area (TPSA) is 67.3 Å². The Labute approximate surface area is 146 Å². The minimum Gasteiger partial charge on any atom is -0.479 e. The van der Waals surface area contributed by atoms with Crippen LogP contribution < -0.4 is 15.0 Å². The van der Waals surface area contributed by atoms with Gasteiger partial charge in [0.25, 0.3) is 0 Å². The maximum atomic E-state index is 13.8. The third-order valence-corrected chi connectivity index (χ3v) is 4.45. The third-order valence-electron chi connectivity index (χ3n) is 3.48. The third kappa shape index (κ3) is 3.55. The summed E-state index contributed by atoms with van der Waals surface area (Å²) in [4.78, 5) is 21.5. The summed E-state index contributed by atoms with van der Waals surface area (Å²) in [6.45, 7) is 4.12. The molecule has 130 valence electrons. The molecular weight excluding hydrogens is 350 g/mol. The van der Waals surface area contributed by atoms with Crippen molar-refractivity contribution in [1.82, 2.24) is 15.3 Å². The Hall–Kier alpha value is -2.68. The molecule has 1 aliphatic heterocycles. The van der Waals surface area contributed by atoms with E-state index in [1.165, 1.54) is 24.3 Å². The summed E-state index contributed by atoms with van der Waals surface area (Å²) in [5.74, 6) is -1.27. The summed E-state index contributed by atoms with van der Waals surface area (Å²) in [6.07, 6.45) is 1.96. The zero-order valence-electron chi connectivity index (χ0n) is 13.3. The normalized spacial score (nSPS) is 14.4. The van der Waals surface area contributed by atoms with Gasteiger partial charge in [0, 0.05) is 18.7 Å². The smallest absolute Gasteiger partial charge is 0.326 e. The lowest BCUT2D eigenvalue weighted by Gasteiger charge is -2.28. The highest BCUT2D eigenvalue weighted by atomic mass is 32.2. The standard InChI is InChI=1S/C16H14F2N4O2S/c1-9-6-7-22(16(23)20-9)12-8-19-15(21-14(12)24-2)25-13-10(17)4-3-5-11(13)18/h3-5,8H,1,6-7H2,2H3,(H,20,23). The van der Waals surface area contributed by atoms with E-state index in [1.807, 2.05) is 0 Å². The van der Waals surface area contributed by atoms with Crippen LogP contribution in [0.2, 0.25) is 0 Å². The molecule has 9 heteroatoms. The van der Waals surface area contributed by atoms with Gasteiger partial charge in [-0.05, 0) is 23.9 Å². The van der Waals surface area contributed by atoms with E-state index in [1.54, 1.807) is 0 Å². The first kappa shape index (κ1) is 17.2. The highest BCUT2D eigenvalue weighted by Crippen LogP contribution is 2.34. The molecule has 0 aliphatic carbocycles. The number of hydrogen-bond donors (Lipinski definition) is 1. The van der Waals surface area contributed by atoms with Crippen LogP contribution >= 0.6 is 11.8 Å². The van der Waals surface area contributed by atoms with Gasteiger partial charge in [-0.2, -0.15) is 4.98 Å². The van der Waals surface area contributed by atoms with E-state index in [4.69, 9.17) is 4.74 Å². The fourth-order valence-corrected chi connectivity index (χ4v) is 3.01. The van der Waals surface area contributed by atoms with Crippen molar-refractivity contribution in [1.29, 1.82) is 0 Å². The van der Waals surface area contributed by atoms with Crippen molar-refractivity contribution >= 4 is 23.5 Å². The SMILES string of the molecule is C=C1CCN(c2cnc(Sc3c(F)cccc3F)nc2OC)C(=O)N1. The fraction of sp³-hybridized carbons (Fsp3) is 0.188. The second-order valence-corrected chi connectivity index (χ2v) is 6.11. The first-order chi connectivity index (χ1) is 12.0. The van der Waals surface area contributed by atoms with Gasteiger partial charge in [0.2, 0.25) is 5.88 Å². The van der Waals surface area contributed by atoms with E-state index < -0.39 is 11.6 Å². The number of rotatable bonds is 4. The van der Waals surface area contributed by atoms with Crippen molar-refractivity contribution in [3.8, 4) is 5.88 Å². The molecule has 2 amide bonds. The first-order valence-corrected chi connectivity index (χ1v) is 8.10. The van der Waals surface area contributed by atoms with Gasteiger partial charge < -0.3 is 10.1 Å². The summed E-state index contributed by atoms with van der Waals surface area (Å²) in [5, 5.41) is 2.73. The minimum absolute atomic E-state index is 0.103. The molecule has 2 heterocycles. The number of benzene rings is 1. The lowest BCUT2D eigenvalue weighted by Crippen LogP contribution is -2.45. The van der Waals surface area contributed by atoms with Crippen LogP contribution in [0, 0.1) is 11.6 Å². The summed E-state index contributed by atoms with van der Waals surface area (Å²) in [5.41, 5.74) is 0.995. The van der Waals surface area contributed by atoms with Crippen molar-refractivity contribution in [2.24, 2.45) is 0 Å². The van der Waals surface area contributed by atoms with Crippen molar-refractivity contribution < 1.29 is 18.3 Å². The largest absolute Gasteiger partial charge is 0.479 e. The van der Waals surface area contributed by atoms with Crippen LogP contribution in [0.15, 0.2) is 46.7 Å². The molecule has 3 rings (SSSR count). The Morgan fingerprint density at radius 2 is 2.08 bits per heavy atom. The molecule has 2 aromatic rings. The Bertz CT molecular complexity index is 827. The van der Waals surface area contributed by atoms with E-state index in [0.29, 0.717) is 24.4 Å². The number of amides is 2. The average molecular weight is 364 g/mol. The molecule has 25 heavy (non-hydrogen) atoms. The Balaban J connectivity index is 1.90. The number of anilines is 1. The highest BCUT2D eigenvalue weighted by molar-refractivity contribution is 7.99. The molecule has 1 aromatic heterocycles. The number of ether oxygens (including phenoxy) is 1. The van der Waals surface area contributed by atoms with Gasteiger partial charge in [-0.3, -0.25) is 4.90 Å². The number of methoxy groups -OCH3 is 1. The van der Waals surface area contributed by atoms with Gasteiger partial charge >= 0.3 is 6.03 Å². The van der Waals surface area contributed by atoms with Crippen molar-refractivity contribution in [3.63, 3.8) is 0 Å². The van der Waals surface area contributed by atoms with Gasteiger partial charge in [0.1, 0.15) is 17.3 Å². The van der Waals surface area contributed by atoms with Crippen LogP contribution in [-0.4, -0.2) is 29.7 Å². The zero-order valence-corrected chi connectivity index (χ0v) is 14.1. The number of nitrogens with zero attached hydrogens (tertiary/aromatic N) is 3. The number of halogens is 2. The van der Waals surface area contributed by atoms with E-state index in [0.717, 1.165) is 23.9 Å². The van der Waals surface area contributed by atoms with Gasteiger partial charge in [-0.15, -0.1) is 0 Å². The van der Waals surface area contributed by atoms with Crippen LogP contribution in [0.25, 0.3) is 0 Å². The van der Waals surface area contributed by atoms with Crippen LogP contribution in [0.3, 0.4) is 0 Å². The molecule has 0 spiro atoms. The summed E-state index contributed by atoms with van der Waals surface area (Å²) in [6, 6.07) is 3.23. The molecule has 1 N–H and O–H groups in total. The highest BCUT2D eigenvalue weighted by Gasteiger charge is 2.26. The van der Waals surface area contributed by atoms with E-state index in [-0.39, 0.29) is 22.0 Å². The summed E-state index contributed by atoms with van der Waals surface area (Å²) >= 11 is 0.742. The fourth-order valence-electron chi connectivity index (χ4n) is 2.26. The predicted molar refractivity (Wildman–Crippen MR) is 88.7 cm³/mol. The first-order valence-electron chi connectivity index (χ1n) is 7.28. The monoisotopic (exact) mass is 364 g/mol. The number of aromatic nitrogens is 2. The molecule has 0 bridgehead atoms. The van der Waals surface area contributed by atoms with Crippen molar-refractivity contribution in [3.05, 3.63) is 48.3 Å². The Kier molecular flexibility index (Phi) is 4.84. The van der Waals surface area contributed by atoms with Gasteiger partial charge in [0.15, 0.2) is 5.16 Å². The van der Waals surface area contributed by atoms with Crippen LogP contribution in [0.1, 0.15) is 6.42 Å². The lowest BCUT2D eigenvalue weighted by atomic mass is 10.2. The molecule has 1 aliphatic rings. The maximum absolute atomic E-state index is 13.8. The number of carbonyl (C=O) groups excluding carboxylic acids is 1. The molecule has 6 nitrogen and oxygen atoms in total. The van der Waals surface area contributed by atoms with Gasteiger partial charge in [-0.1, -0.05) is 12.6 Å². The summed E-state index contributed by atoms with van der Waals surface area (Å²) in [7, 11) is 1.39. The average Bonchev–Trinajstić information content (AvgIpc) is 2.58. The molecular formula is C16H14F2N4O2S. The van der Waals surface area contributed by atoms with Gasteiger partial charge in [0.05, 0.1) is 18.2 Å². The zero-order chi connectivity index (χ0) is 18.0. The Morgan fingerprint density at radius 3 is 2.72 bits per heavy atom.